The van der Waals surface area contributed by atoms with Crippen LogP contribution in [0.3, 0.4) is 0 Å². The van der Waals surface area contributed by atoms with Crippen molar-refractivity contribution in [3.8, 4) is 34.3 Å². The van der Waals surface area contributed by atoms with Crippen LogP contribution in [0, 0.1) is 17.9 Å². The molecular weight excluding hydrogens is 671 g/mol. The van der Waals surface area contributed by atoms with Gasteiger partial charge in [0.25, 0.3) is 0 Å². The molecule has 8 aromatic carbocycles. The molecule has 0 saturated carbocycles. The van der Waals surface area contributed by atoms with Crippen LogP contribution in [-0.2, 0) is 0 Å². The van der Waals surface area contributed by atoms with Gasteiger partial charge in [-0.3, -0.25) is 0 Å². The number of nitriles is 1. The first-order chi connectivity index (χ1) is 27.2. The van der Waals surface area contributed by atoms with Crippen LogP contribution in [-0.4, -0.2) is 13.7 Å². The van der Waals surface area contributed by atoms with Crippen LogP contribution >= 0.6 is 0 Å². The van der Waals surface area contributed by atoms with E-state index in [4.69, 9.17) is 6.57 Å². The number of hydrogen-bond acceptors (Lipinski definition) is 1. The molecular formula is C50H29N5. The summed E-state index contributed by atoms with van der Waals surface area (Å²) >= 11 is 0. The molecule has 0 radical (unpaired) electrons. The number of rotatable bonds is 4. The van der Waals surface area contributed by atoms with Gasteiger partial charge in [0.05, 0.1) is 51.3 Å². The van der Waals surface area contributed by atoms with Crippen molar-refractivity contribution in [2.75, 3.05) is 0 Å². The Balaban J connectivity index is 1.09. The smallest absolute Gasteiger partial charge is 0.195 e. The molecule has 0 aliphatic carbocycles. The highest BCUT2D eigenvalue weighted by atomic mass is 15.0. The molecule has 0 fully saturated rings. The molecule has 0 unspecified atom stereocenters. The van der Waals surface area contributed by atoms with E-state index in [1.165, 1.54) is 32.6 Å². The summed E-state index contributed by atoms with van der Waals surface area (Å²) in [6, 6.07) is 63.6. The van der Waals surface area contributed by atoms with E-state index >= 15 is 0 Å². The Morgan fingerprint density at radius 2 is 0.818 bits per heavy atom. The van der Waals surface area contributed by atoms with Crippen molar-refractivity contribution in [2.24, 2.45) is 0 Å². The Morgan fingerprint density at radius 3 is 1.36 bits per heavy atom. The van der Waals surface area contributed by atoms with Crippen molar-refractivity contribution < 1.29 is 0 Å². The molecule has 5 nitrogen and oxygen atoms in total. The molecule has 11 rings (SSSR count). The van der Waals surface area contributed by atoms with Crippen molar-refractivity contribution >= 4 is 71.1 Å². The lowest BCUT2D eigenvalue weighted by atomic mass is 10.0. The molecule has 3 heterocycles. The van der Waals surface area contributed by atoms with Crippen molar-refractivity contribution in [1.29, 1.82) is 5.26 Å². The summed E-state index contributed by atoms with van der Waals surface area (Å²) in [7, 11) is 0. The molecule has 0 atom stereocenters. The summed E-state index contributed by atoms with van der Waals surface area (Å²) in [4.78, 5) is 3.97. The highest BCUT2D eigenvalue weighted by molar-refractivity contribution is 6.12. The highest BCUT2D eigenvalue weighted by Crippen LogP contribution is 2.40. The maximum atomic E-state index is 9.70. The zero-order valence-electron chi connectivity index (χ0n) is 29.5. The van der Waals surface area contributed by atoms with Gasteiger partial charge in [-0.05, 0) is 83.9 Å². The largest absolute Gasteiger partial charge is 0.309 e. The second-order valence-electron chi connectivity index (χ2n) is 14.0. The van der Waals surface area contributed by atoms with Gasteiger partial charge in [0.1, 0.15) is 0 Å². The van der Waals surface area contributed by atoms with E-state index in [0.29, 0.717) is 11.3 Å². The van der Waals surface area contributed by atoms with E-state index in [-0.39, 0.29) is 0 Å². The van der Waals surface area contributed by atoms with Gasteiger partial charge in [-0.1, -0.05) is 103 Å². The lowest BCUT2D eigenvalue weighted by Gasteiger charge is -2.14. The fraction of sp³-hybridized carbons (Fsp3) is 0. The summed E-state index contributed by atoms with van der Waals surface area (Å²) < 4.78 is 6.91. The maximum Gasteiger partial charge on any atom is 0.195 e. The molecule has 0 amide bonds. The van der Waals surface area contributed by atoms with Gasteiger partial charge in [0.2, 0.25) is 0 Å². The summed E-state index contributed by atoms with van der Waals surface area (Å²) in [5, 5.41) is 16.8. The Labute approximate surface area is 316 Å². The zero-order chi connectivity index (χ0) is 36.6. The predicted octanol–water partition coefficient (Wildman–Crippen LogP) is 13.1. The van der Waals surface area contributed by atoms with E-state index in [9.17, 15) is 5.26 Å². The lowest BCUT2D eigenvalue weighted by Crippen LogP contribution is -1.97. The fourth-order valence-corrected chi connectivity index (χ4v) is 8.68. The van der Waals surface area contributed by atoms with Gasteiger partial charge in [-0.2, -0.15) is 5.26 Å². The molecule has 3 aromatic heterocycles. The standard InChI is InChI=1S/C50H29N5/c1-52-44-27-24-35(29-43(44)33-19-21-34(22-20-33)53-45-14-6-4-12-39(45)41-25-18-32(31-51)28-49(41)53)55-48-17-9-5-13-40(48)42-26-23-36(30-50(42)55)54-46-15-7-2-10-37(46)38-11-3-8-16-47(38)54/h2-30H. The lowest BCUT2D eigenvalue weighted by molar-refractivity contribution is 1.15. The Hall–Kier alpha value is -7.86. The van der Waals surface area contributed by atoms with Crippen LogP contribution in [0.2, 0.25) is 0 Å². The van der Waals surface area contributed by atoms with Gasteiger partial charge in [0.15, 0.2) is 5.69 Å². The number of hydrogen-bond donors (Lipinski definition) is 0. The first-order valence-electron chi connectivity index (χ1n) is 18.3. The number of nitrogens with zero attached hydrogens (tertiary/aromatic N) is 5. The molecule has 55 heavy (non-hydrogen) atoms. The average Bonchev–Trinajstić information content (AvgIpc) is 3.88. The van der Waals surface area contributed by atoms with Crippen molar-refractivity contribution in [3.63, 3.8) is 0 Å². The first-order valence-corrected chi connectivity index (χ1v) is 18.3. The summed E-state index contributed by atoms with van der Waals surface area (Å²) in [6.07, 6.45) is 0. The van der Waals surface area contributed by atoms with E-state index < -0.39 is 0 Å². The van der Waals surface area contributed by atoms with Gasteiger partial charge in [-0.15, -0.1) is 0 Å². The zero-order valence-corrected chi connectivity index (χ0v) is 29.5. The summed E-state index contributed by atoms with van der Waals surface area (Å²) in [6.45, 7) is 8.14. The average molecular weight is 700 g/mol. The van der Waals surface area contributed by atoms with Gasteiger partial charge in [0, 0.05) is 49.4 Å². The van der Waals surface area contributed by atoms with E-state index in [0.717, 1.165) is 61.0 Å². The monoisotopic (exact) mass is 699 g/mol. The number of fused-ring (bicyclic) bond motifs is 9. The van der Waals surface area contributed by atoms with E-state index in [2.05, 4.69) is 170 Å². The molecule has 0 aliphatic rings. The number of benzene rings is 8. The number of para-hydroxylation sites is 4. The quantitative estimate of drug-likeness (QED) is 0.169. The third kappa shape index (κ3) is 4.51. The highest BCUT2D eigenvalue weighted by Gasteiger charge is 2.18. The van der Waals surface area contributed by atoms with Crippen LogP contribution in [0.25, 0.3) is 98.5 Å². The molecule has 0 bridgehead atoms. The van der Waals surface area contributed by atoms with Gasteiger partial charge < -0.3 is 13.7 Å². The fourth-order valence-electron chi connectivity index (χ4n) is 8.68. The van der Waals surface area contributed by atoms with Crippen molar-refractivity contribution in [1.82, 2.24) is 13.7 Å². The molecule has 0 saturated heterocycles. The van der Waals surface area contributed by atoms with Crippen LogP contribution in [0.4, 0.5) is 5.69 Å². The van der Waals surface area contributed by atoms with E-state index in [1.54, 1.807) is 0 Å². The SMILES string of the molecule is [C-]#[N+]c1ccc(-n2c3ccccc3c3ccc(-n4c5ccccc5c5ccccc54)cc32)cc1-c1ccc(-n2c3ccccc3c3ccc(C#N)cc32)cc1. The van der Waals surface area contributed by atoms with Crippen LogP contribution < -0.4 is 0 Å². The third-order valence-corrected chi connectivity index (χ3v) is 11.1. The summed E-state index contributed by atoms with van der Waals surface area (Å²) in [5.41, 5.74) is 12.7. The van der Waals surface area contributed by atoms with Gasteiger partial charge >= 0.3 is 0 Å². The Morgan fingerprint density at radius 1 is 0.400 bits per heavy atom. The molecule has 0 spiro atoms. The molecule has 0 N–H and O–H groups in total. The molecule has 11 aromatic rings. The minimum Gasteiger partial charge on any atom is -0.309 e. The molecule has 254 valence electrons. The van der Waals surface area contributed by atoms with Crippen LogP contribution in [0.1, 0.15) is 5.56 Å². The van der Waals surface area contributed by atoms with Crippen molar-refractivity contribution in [3.05, 3.63) is 193 Å². The first kappa shape index (κ1) is 30.7. The topological polar surface area (TPSA) is 42.9 Å². The molecule has 0 aliphatic heterocycles. The predicted molar refractivity (Wildman–Crippen MR) is 226 cm³/mol. The molecule has 5 heteroatoms. The second-order valence-corrected chi connectivity index (χ2v) is 14.0. The Kier molecular flexibility index (Phi) is 6.61. The second kappa shape index (κ2) is 11.8. The third-order valence-electron chi connectivity index (χ3n) is 11.1. The number of aromatic nitrogens is 3. The summed E-state index contributed by atoms with van der Waals surface area (Å²) in [5.74, 6) is 0. The van der Waals surface area contributed by atoms with Crippen molar-refractivity contribution in [2.45, 2.75) is 0 Å². The Bertz CT molecular complexity index is 3400. The minimum atomic E-state index is 0.596. The maximum absolute atomic E-state index is 9.70. The van der Waals surface area contributed by atoms with E-state index in [1.807, 2.05) is 30.3 Å². The normalized spacial score (nSPS) is 11.6. The van der Waals surface area contributed by atoms with Crippen LogP contribution in [0.5, 0.6) is 0 Å². The minimum absolute atomic E-state index is 0.596. The van der Waals surface area contributed by atoms with Crippen LogP contribution in [0.15, 0.2) is 176 Å². The van der Waals surface area contributed by atoms with Gasteiger partial charge in [-0.25, -0.2) is 4.85 Å².